The highest BCUT2D eigenvalue weighted by molar-refractivity contribution is 6.62. The summed E-state index contributed by atoms with van der Waals surface area (Å²) in [5, 5.41) is 9.27. The van der Waals surface area contributed by atoms with E-state index in [0.717, 1.165) is 33.1 Å². The number of aromatic nitrogens is 2. The highest BCUT2D eigenvalue weighted by atomic mass is 16.7. The first-order valence-electron chi connectivity index (χ1n) is 18.0. The van der Waals surface area contributed by atoms with Crippen molar-refractivity contribution >= 4 is 41.3 Å². The topological polar surface area (TPSA) is 94.9 Å². The number of nitrogens with zero attached hydrogens (tertiary/aromatic N) is 3. The van der Waals surface area contributed by atoms with Crippen molar-refractivity contribution in [1.82, 2.24) is 14.7 Å². The molecule has 0 bridgehead atoms. The molecule has 0 aliphatic carbocycles. The van der Waals surface area contributed by atoms with Crippen LogP contribution in [0.5, 0.6) is 0 Å². The summed E-state index contributed by atoms with van der Waals surface area (Å²) in [5.74, 6) is -0.217. The van der Waals surface area contributed by atoms with Crippen LogP contribution in [0.15, 0.2) is 109 Å². The van der Waals surface area contributed by atoms with E-state index >= 15 is 0 Å². The van der Waals surface area contributed by atoms with E-state index in [1.807, 2.05) is 126 Å². The lowest BCUT2D eigenvalue weighted by atomic mass is 9.76. The first-order chi connectivity index (χ1) is 24.7. The summed E-state index contributed by atoms with van der Waals surface area (Å²) in [4.78, 5) is 28.6. The lowest BCUT2D eigenvalue weighted by Gasteiger charge is -2.37. The number of hydrogen-bond donors (Lipinski definition) is 1. The third kappa shape index (κ3) is 6.39. The zero-order chi connectivity index (χ0) is 36.9. The van der Waals surface area contributed by atoms with Gasteiger partial charge in [0.05, 0.1) is 22.6 Å². The zero-order valence-electron chi connectivity index (χ0n) is 31.1. The second kappa shape index (κ2) is 13.2. The summed E-state index contributed by atoms with van der Waals surface area (Å²) in [6, 6.07) is 37.1. The Hall–Kier alpha value is -4.93. The number of anilines is 1. The summed E-state index contributed by atoms with van der Waals surface area (Å²) in [5.41, 5.74) is 2.06. The molecule has 0 radical (unpaired) electrons. The quantitative estimate of drug-likeness (QED) is 0.141. The van der Waals surface area contributed by atoms with Gasteiger partial charge in [0, 0.05) is 18.5 Å². The number of nitrogens with one attached hydrogen (secondary N) is 1. The van der Waals surface area contributed by atoms with Crippen molar-refractivity contribution < 1.29 is 23.6 Å². The van der Waals surface area contributed by atoms with Gasteiger partial charge in [0.15, 0.2) is 5.82 Å². The average molecular weight is 699 g/mol. The number of ether oxygens (including phenoxy) is 1. The molecule has 3 heterocycles. The van der Waals surface area contributed by atoms with E-state index in [9.17, 15) is 9.59 Å². The van der Waals surface area contributed by atoms with Gasteiger partial charge in [-0.2, -0.15) is 5.10 Å². The normalized spacial score (nSPS) is 18.5. The predicted octanol–water partition coefficient (Wildman–Crippen LogP) is 7.37. The molecule has 1 N–H and O–H groups in total. The Morgan fingerprint density at radius 2 is 1.33 bits per heavy atom. The summed E-state index contributed by atoms with van der Waals surface area (Å²) in [6.45, 7) is 14.3. The van der Waals surface area contributed by atoms with Crippen LogP contribution in [0.2, 0.25) is 0 Å². The third-order valence-corrected chi connectivity index (χ3v) is 10.6. The Morgan fingerprint density at radius 1 is 0.808 bits per heavy atom. The molecule has 268 valence electrons. The Kier molecular flexibility index (Phi) is 9.04. The van der Waals surface area contributed by atoms with Crippen molar-refractivity contribution in [2.45, 2.75) is 77.2 Å². The maximum absolute atomic E-state index is 14.1. The summed E-state index contributed by atoms with van der Waals surface area (Å²) in [7, 11) is -0.611. The fraction of sp³-hybridized carbons (Fsp3) is 0.357. The number of fused-ring (bicyclic) bond motifs is 1. The van der Waals surface area contributed by atoms with Crippen molar-refractivity contribution in [3.63, 3.8) is 0 Å². The molecule has 52 heavy (non-hydrogen) atoms. The fourth-order valence-electron chi connectivity index (χ4n) is 7.20. The molecule has 2 aliphatic heterocycles. The molecule has 2 amide bonds. The maximum atomic E-state index is 14.1. The van der Waals surface area contributed by atoms with Gasteiger partial charge in [0.25, 0.3) is 0 Å². The van der Waals surface area contributed by atoms with E-state index in [1.54, 1.807) is 4.90 Å². The van der Waals surface area contributed by atoms with Gasteiger partial charge in [-0.05, 0) is 89.2 Å². The van der Waals surface area contributed by atoms with Crippen LogP contribution in [0.1, 0.15) is 71.6 Å². The monoisotopic (exact) mass is 698 g/mol. The van der Waals surface area contributed by atoms with E-state index in [2.05, 4.69) is 41.7 Å². The molecule has 0 spiro atoms. The zero-order valence-corrected chi connectivity index (χ0v) is 31.1. The minimum atomic E-state index is -0.919. The summed E-state index contributed by atoms with van der Waals surface area (Å²) in [6.07, 6.45) is 0.105. The largest absolute Gasteiger partial charge is 0.494 e. The van der Waals surface area contributed by atoms with E-state index in [1.165, 1.54) is 0 Å². The van der Waals surface area contributed by atoms with Gasteiger partial charge in [0.1, 0.15) is 11.1 Å². The highest BCUT2D eigenvalue weighted by Gasteiger charge is 2.52. The van der Waals surface area contributed by atoms with Crippen LogP contribution in [0, 0.1) is 5.92 Å². The van der Waals surface area contributed by atoms with Crippen molar-refractivity contribution in [2.75, 3.05) is 18.4 Å². The van der Waals surface area contributed by atoms with Crippen LogP contribution in [-0.4, -0.2) is 63.7 Å². The first kappa shape index (κ1) is 35.5. The minimum absolute atomic E-state index is 0.205. The summed E-state index contributed by atoms with van der Waals surface area (Å²) >= 11 is 0. The predicted molar refractivity (Wildman–Crippen MR) is 205 cm³/mol. The molecule has 2 aliphatic rings. The average Bonchev–Trinajstić information content (AvgIpc) is 3.80. The van der Waals surface area contributed by atoms with Gasteiger partial charge in [0.2, 0.25) is 5.91 Å². The molecule has 5 aromatic rings. The molecule has 2 saturated heterocycles. The number of rotatable bonds is 7. The molecule has 10 heteroatoms. The van der Waals surface area contributed by atoms with E-state index in [4.69, 9.17) is 19.1 Å². The van der Waals surface area contributed by atoms with E-state index < -0.39 is 41.5 Å². The second-order valence-electron chi connectivity index (χ2n) is 15.8. The van der Waals surface area contributed by atoms with Gasteiger partial charge in [-0.25, -0.2) is 9.48 Å². The van der Waals surface area contributed by atoms with Crippen molar-refractivity contribution in [2.24, 2.45) is 5.92 Å². The Bertz CT molecular complexity index is 1960. The van der Waals surface area contributed by atoms with Crippen LogP contribution in [0.25, 0.3) is 10.9 Å². The van der Waals surface area contributed by atoms with Crippen LogP contribution in [0.4, 0.5) is 10.6 Å². The minimum Gasteiger partial charge on any atom is -0.444 e. The molecular formula is C42H47BN4O5. The number of amides is 2. The number of carbonyl (C=O) groups excluding carboxylic acids is 2. The van der Waals surface area contributed by atoms with Crippen molar-refractivity contribution in [3.05, 3.63) is 126 Å². The fourth-order valence-corrected chi connectivity index (χ4v) is 7.20. The molecule has 1 unspecified atom stereocenters. The molecule has 1 atom stereocenters. The van der Waals surface area contributed by atoms with Crippen LogP contribution in [-0.2, 0) is 24.4 Å². The van der Waals surface area contributed by atoms with Crippen LogP contribution in [0.3, 0.4) is 0 Å². The standard InChI is InChI=1S/C42H47BN4O5/c1-39(2,3)50-38(49)46-26-25-29(28-46)37(48)44-36-34-27-33(43-51-40(4,5)41(6,7)52-43)23-24-35(34)47(45-36)42(30-17-11-8-12-18-30,31-19-13-9-14-20-31)32-21-15-10-16-22-32/h8-24,27,29H,25-26,28H2,1-7H3,(H,44,45,48). The van der Waals surface area contributed by atoms with Gasteiger partial charge in [-0.3, -0.25) is 4.79 Å². The van der Waals surface area contributed by atoms with E-state index in [-0.39, 0.29) is 12.5 Å². The lowest BCUT2D eigenvalue weighted by Crippen LogP contribution is -2.41. The van der Waals surface area contributed by atoms with Crippen molar-refractivity contribution in [3.8, 4) is 0 Å². The van der Waals surface area contributed by atoms with Crippen molar-refractivity contribution in [1.29, 1.82) is 0 Å². The van der Waals surface area contributed by atoms with Gasteiger partial charge >= 0.3 is 13.2 Å². The summed E-state index contributed by atoms with van der Waals surface area (Å²) < 4.78 is 20.6. The smallest absolute Gasteiger partial charge is 0.444 e. The van der Waals surface area contributed by atoms with Crippen LogP contribution >= 0.6 is 0 Å². The molecule has 1 aromatic heterocycles. The molecule has 2 fully saturated rings. The molecule has 7 rings (SSSR count). The molecule has 9 nitrogen and oxygen atoms in total. The van der Waals surface area contributed by atoms with Gasteiger partial charge < -0.3 is 24.3 Å². The Balaban J connectivity index is 1.39. The molecule has 4 aromatic carbocycles. The first-order valence-corrected chi connectivity index (χ1v) is 18.0. The Morgan fingerprint density at radius 3 is 1.83 bits per heavy atom. The second-order valence-corrected chi connectivity index (χ2v) is 15.8. The SMILES string of the molecule is CC(C)(C)OC(=O)N1CCC(C(=O)Nc2nn(C(c3ccccc3)(c3ccccc3)c3ccccc3)c3ccc(B4OC(C)(C)C(C)(C)O4)cc23)C1. The molecular weight excluding hydrogens is 651 g/mol. The van der Waals surface area contributed by atoms with Crippen LogP contribution < -0.4 is 10.8 Å². The lowest BCUT2D eigenvalue weighted by molar-refractivity contribution is -0.119. The van der Waals surface area contributed by atoms with Gasteiger partial charge in [-0.15, -0.1) is 0 Å². The highest BCUT2D eigenvalue weighted by Crippen LogP contribution is 2.44. The van der Waals surface area contributed by atoms with Gasteiger partial charge in [-0.1, -0.05) is 97.1 Å². The van der Waals surface area contributed by atoms with E-state index in [0.29, 0.717) is 18.8 Å². The third-order valence-electron chi connectivity index (χ3n) is 10.6. The number of carbonyl (C=O) groups is 2. The maximum Gasteiger partial charge on any atom is 0.494 e. The Labute approximate surface area is 306 Å². The molecule has 0 saturated carbocycles. The number of benzene rings is 4. The number of likely N-dealkylation sites (tertiary alicyclic amines) is 1. The number of hydrogen-bond acceptors (Lipinski definition) is 6.